The molecule has 0 aliphatic rings. The Hall–Kier alpha value is -3.98. The number of ether oxygens (including phenoxy) is 1. The van der Waals surface area contributed by atoms with E-state index in [2.05, 4.69) is 25.7 Å². The molecule has 1 atom stereocenters. The summed E-state index contributed by atoms with van der Waals surface area (Å²) in [4.78, 5) is 28.2. The molecule has 0 saturated carbocycles. The first-order valence-electron chi connectivity index (χ1n) is 10.6. The Bertz CT molecular complexity index is 1150. The lowest BCUT2D eigenvalue weighted by molar-refractivity contribution is -0.141. The summed E-state index contributed by atoms with van der Waals surface area (Å²) in [6.45, 7) is 1.88. The van der Waals surface area contributed by atoms with Crippen molar-refractivity contribution in [2.45, 2.75) is 25.7 Å². The number of pyridine rings is 1. The number of aromatic nitrogens is 1. The number of phenols is 1. The molecule has 0 fully saturated rings. The van der Waals surface area contributed by atoms with Gasteiger partial charge in [-0.25, -0.2) is 0 Å². The largest absolute Gasteiger partial charge is 0.506 e. The summed E-state index contributed by atoms with van der Waals surface area (Å²) in [6.07, 6.45) is 1.85. The van der Waals surface area contributed by atoms with E-state index >= 15 is 0 Å². The maximum atomic E-state index is 12.4. The van der Waals surface area contributed by atoms with Gasteiger partial charge < -0.3 is 25.8 Å². The van der Waals surface area contributed by atoms with E-state index in [0.29, 0.717) is 22.1 Å². The number of esters is 1. The molecule has 0 aliphatic carbocycles. The molecule has 3 rings (SSSR count). The smallest absolute Gasteiger partial charge is 0.306 e. The fourth-order valence-electron chi connectivity index (χ4n) is 3.20. The van der Waals surface area contributed by atoms with E-state index in [1.165, 1.54) is 13.2 Å². The maximum absolute atomic E-state index is 12.4. The number of hydrogen-bond acceptors (Lipinski definition) is 6. The Morgan fingerprint density at radius 3 is 2.44 bits per heavy atom. The average Bonchev–Trinajstić information content (AvgIpc) is 2.81. The van der Waals surface area contributed by atoms with Gasteiger partial charge in [-0.15, -0.1) is 0 Å². The molecule has 1 amide bonds. The highest BCUT2D eigenvalue weighted by Gasteiger charge is 2.13. The van der Waals surface area contributed by atoms with Crippen molar-refractivity contribution in [2.24, 2.45) is 0 Å². The van der Waals surface area contributed by atoms with Gasteiger partial charge in [0.2, 0.25) is 5.91 Å². The van der Waals surface area contributed by atoms with Crippen LogP contribution in [0.15, 0.2) is 66.9 Å². The number of carbonyl (C=O) groups excluding carboxylic acids is 2. The molecule has 2 aromatic carbocycles. The summed E-state index contributed by atoms with van der Waals surface area (Å²) < 4.78 is 4.68. The molecule has 176 valence electrons. The number of methoxy groups -OCH3 is 1. The molecule has 0 radical (unpaired) electrons. The zero-order chi connectivity index (χ0) is 24.5. The number of rotatable bonds is 8. The SMILES string of the molecule is COC(=O)CC(C)c1ccc(NC(=O)Cc2ccc(NC(=S)Nc3ccccc3)c(O)c2)cn1. The van der Waals surface area contributed by atoms with Gasteiger partial charge in [0.05, 0.1) is 37.5 Å². The lowest BCUT2D eigenvalue weighted by atomic mass is 10.0. The Kier molecular flexibility index (Phi) is 8.53. The number of nitrogens with zero attached hydrogens (tertiary/aromatic N) is 1. The van der Waals surface area contributed by atoms with Gasteiger partial charge in [-0.2, -0.15) is 0 Å². The minimum Gasteiger partial charge on any atom is -0.506 e. The summed E-state index contributed by atoms with van der Waals surface area (Å²) in [5, 5.41) is 19.4. The van der Waals surface area contributed by atoms with Crippen molar-refractivity contribution in [3.8, 4) is 5.75 Å². The van der Waals surface area contributed by atoms with Crippen LogP contribution in [-0.2, 0) is 20.7 Å². The minimum absolute atomic E-state index is 0.0203. The highest BCUT2D eigenvalue weighted by molar-refractivity contribution is 7.80. The Morgan fingerprint density at radius 2 is 1.79 bits per heavy atom. The van der Waals surface area contributed by atoms with Crippen molar-refractivity contribution >= 4 is 46.3 Å². The van der Waals surface area contributed by atoms with E-state index in [-0.39, 0.29) is 36.4 Å². The molecule has 9 heteroatoms. The number of nitrogens with one attached hydrogen (secondary N) is 3. The van der Waals surface area contributed by atoms with Crippen LogP contribution in [0.3, 0.4) is 0 Å². The zero-order valence-electron chi connectivity index (χ0n) is 18.9. The van der Waals surface area contributed by atoms with E-state index in [0.717, 1.165) is 11.4 Å². The van der Waals surface area contributed by atoms with Gasteiger partial charge in [0, 0.05) is 17.3 Å². The van der Waals surface area contributed by atoms with Gasteiger partial charge >= 0.3 is 5.97 Å². The number of para-hydroxylation sites is 1. The summed E-state index contributed by atoms with van der Waals surface area (Å²) >= 11 is 5.28. The van der Waals surface area contributed by atoms with Crippen LogP contribution in [0.25, 0.3) is 0 Å². The highest BCUT2D eigenvalue weighted by Crippen LogP contribution is 2.25. The zero-order valence-corrected chi connectivity index (χ0v) is 19.7. The molecule has 1 heterocycles. The Labute approximate surface area is 203 Å². The third kappa shape index (κ3) is 7.28. The molecule has 0 bridgehead atoms. The van der Waals surface area contributed by atoms with E-state index in [1.807, 2.05) is 37.3 Å². The predicted molar refractivity (Wildman–Crippen MR) is 136 cm³/mol. The molecular weight excluding hydrogens is 452 g/mol. The van der Waals surface area contributed by atoms with E-state index in [1.54, 1.807) is 30.5 Å². The number of thiocarbonyl (C=S) groups is 1. The van der Waals surface area contributed by atoms with Crippen LogP contribution in [0.4, 0.5) is 17.1 Å². The minimum atomic E-state index is -0.301. The quantitative estimate of drug-likeness (QED) is 0.214. The third-order valence-corrected chi connectivity index (χ3v) is 5.19. The van der Waals surface area contributed by atoms with Crippen molar-refractivity contribution in [2.75, 3.05) is 23.1 Å². The molecule has 1 aromatic heterocycles. The Morgan fingerprint density at radius 1 is 1.03 bits per heavy atom. The molecule has 0 spiro atoms. The first-order chi connectivity index (χ1) is 16.3. The van der Waals surface area contributed by atoms with Crippen molar-refractivity contribution < 1.29 is 19.4 Å². The van der Waals surface area contributed by atoms with Gasteiger partial charge in [0.15, 0.2) is 5.11 Å². The second-order valence-corrected chi connectivity index (χ2v) is 8.08. The third-order valence-electron chi connectivity index (χ3n) is 4.98. The first-order valence-corrected chi connectivity index (χ1v) is 11.0. The summed E-state index contributed by atoms with van der Waals surface area (Å²) in [5.41, 5.74) is 3.17. The van der Waals surface area contributed by atoms with Crippen molar-refractivity contribution in [1.29, 1.82) is 0 Å². The predicted octanol–water partition coefficient (Wildman–Crippen LogP) is 4.44. The standard InChI is InChI=1S/C25H26N4O4S/c1-16(12-24(32)33-2)20-11-9-19(15-26-20)27-23(31)14-17-8-10-21(22(30)13-17)29-25(34)28-18-6-4-3-5-7-18/h3-11,13,15-16,30H,12,14H2,1-2H3,(H,27,31)(H2,28,29,34). The molecule has 3 aromatic rings. The van der Waals surface area contributed by atoms with Gasteiger partial charge in [0.1, 0.15) is 5.75 Å². The van der Waals surface area contributed by atoms with Crippen LogP contribution in [0, 0.1) is 0 Å². The first kappa shape index (κ1) is 24.7. The van der Waals surface area contributed by atoms with Gasteiger partial charge in [0.25, 0.3) is 0 Å². The number of hydrogen-bond donors (Lipinski definition) is 4. The molecule has 34 heavy (non-hydrogen) atoms. The second-order valence-electron chi connectivity index (χ2n) is 7.67. The highest BCUT2D eigenvalue weighted by atomic mass is 32.1. The monoisotopic (exact) mass is 478 g/mol. The molecule has 0 saturated heterocycles. The fraction of sp³-hybridized carbons (Fsp3) is 0.200. The summed E-state index contributed by atoms with van der Waals surface area (Å²) in [7, 11) is 1.35. The number of anilines is 3. The van der Waals surface area contributed by atoms with E-state index < -0.39 is 0 Å². The molecule has 4 N–H and O–H groups in total. The number of amides is 1. The van der Waals surface area contributed by atoms with E-state index in [4.69, 9.17) is 12.2 Å². The summed E-state index contributed by atoms with van der Waals surface area (Å²) in [5.74, 6) is -0.667. The molecule has 1 unspecified atom stereocenters. The van der Waals surface area contributed by atoms with Gasteiger partial charge in [-0.3, -0.25) is 14.6 Å². The topological polar surface area (TPSA) is 113 Å². The summed E-state index contributed by atoms with van der Waals surface area (Å²) in [6, 6.07) is 17.9. The van der Waals surface area contributed by atoms with Crippen LogP contribution in [-0.4, -0.2) is 34.2 Å². The molecular formula is C25H26N4O4S. The van der Waals surface area contributed by atoms with Gasteiger partial charge in [-0.05, 0) is 54.2 Å². The maximum Gasteiger partial charge on any atom is 0.306 e. The molecule has 0 aliphatic heterocycles. The number of phenolic OH excluding ortho intramolecular Hbond substituents is 1. The lowest BCUT2D eigenvalue weighted by Gasteiger charge is -2.13. The van der Waals surface area contributed by atoms with Crippen LogP contribution in [0.5, 0.6) is 5.75 Å². The normalized spacial score (nSPS) is 11.2. The van der Waals surface area contributed by atoms with Crippen molar-refractivity contribution in [1.82, 2.24) is 4.98 Å². The van der Waals surface area contributed by atoms with Crippen LogP contribution in [0.2, 0.25) is 0 Å². The average molecular weight is 479 g/mol. The number of carbonyl (C=O) groups is 2. The Balaban J connectivity index is 1.53. The number of aromatic hydroxyl groups is 1. The van der Waals surface area contributed by atoms with Crippen molar-refractivity contribution in [3.05, 3.63) is 78.1 Å². The number of benzene rings is 2. The lowest BCUT2D eigenvalue weighted by Crippen LogP contribution is -2.19. The van der Waals surface area contributed by atoms with Crippen molar-refractivity contribution in [3.63, 3.8) is 0 Å². The second kappa shape index (κ2) is 11.8. The van der Waals surface area contributed by atoms with Crippen LogP contribution < -0.4 is 16.0 Å². The van der Waals surface area contributed by atoms with Crippen LogP contribution >= 0.6 is 12.2 Å². The fourth-order valence-corrected chi connectivity index (χ4v) is 3.43. The van der Waals surface area contributed by atoms with E-state index in [9.17, 15) is 14.7 Å². The molecule has 8 nitrogen and oxygen atoms in total. The van der Waals surface area contributed by atoms with Gasteiger partial charge in [-0.1, -0.05) is 31.2 Å². The van der Waals surface area contributed by atoms with Crippen LogP contribution in [0.1, 0.15) is 30.5 Å².